The first kappa shape index (κ1) is 13.8. The summed E-state index contributed by atoms with van der Waals surface area (Å²) in [5.74, 6) is 1.68. The molecule has 0 aromatic heterocycles. The standard InChI is InChI=1S/C15H12ClNOS/c16-13-3-5-14(6-4-13)18-9-10-19-15-7-1-12(11-17)2-8-15/h1-8H,9-10H2. The van der Waals surface area contributed by atoms with Crippen LogP contribution in [0, 0.1) is 11.3 Å². The fraction of sp³-hybridized carbons (Fsp3) is 0.133. The van der Waals surface area contributed by atoms with Crippen LogP contribution in [0.3, 0.4) is 0 Å². The minimum Gasteiger partial charge on any atom is -0.493 e. The van der Waals surface area contributed by atoms with Crippen molar-refractivity contribution >= 4 is 23.4 Å². The minimum atomic E-state index is 0.631. The third kappa shape index (κ3) is 4.51. The zero-order valence-corrected chi connectivity index (χ0v) is 11.7. The smallest absolute Gasteiger partial charge is 0.119 e. The van der Waals surface area contributed by atoms with Crippen molar-refractivity contribution in [2.45, 2.75) is 4.90 Å². The second kappa shape index (κ2) is 7.08. The number of hydrogen-bond acceptors (Lipinski definition) is 3. The molecular weight excluding hydrogens is 278 g/mol. The number of halogens is 1. The first-order chi connectivity index (χ1) is 9.28. The maximum absolute atomic E-state index is 8.70. The molecule has 0 aliphatic heterocycles. The van der Waals surface area contributed by atoms with Crippen LogP contribution in [-0.2, 0) is 0 Å². The van der Waals surface area contributed by atoms with E-state index in [0.717, 1.165) is 16.4 Å². The summed E-state index contributed by atoms with van der Waals surface area (Å²) in [4.78, 5) is 1.14. The van der Waals surface area contributed by atoms with Gasteiger partial charge in [-0.25, -0.2) is 0 Å². The molecule has 0 bridgehead atoms. The van der Waals surface area contributed by atoms with Crippen LogP contribution >= 0.6 is 23.4 Å². The molecule has 0 heterocycles. The van der Waals surface area contributed by atoms with Crippen molar-refractivity contribution < 1.29 is 4.74 Å². The number of nitriles is 1. The van der Waals surface area contributed by atoms with Crippen LogP contribution in [0.4, 0.5) is 0 Å². The van der Waals surface area contributed by atoms with Crippen LogP contribution in [0.1, 0.15) is 5.56 Å². The largest absolute Gasteiger partial charge is 0.493 e. The molecule has 0 unspecified atom stereocenters. The molecule has 2 aromatic carbocycles. The van der Waals surface area contributed by atoms with Crippen molar-refractivity contribution in [3.8, 4) is 11.8 Å². The van der Waals surface area contributed by atoms with Crippen molar-refractivity contribution in [3.63, 3.8) is 0 Å². The molecule has 0 saturated carbocycles. The topological polar surface area (TPSA) is 33.0 Å². The highest BCUT2D eigenvalue weighted by molar-refractivity contribution is 7.99. The Bertz CT molecular complexity index is 560. The fourth-order valence-electron chi connectivity index (χ4n) is 1.48. The van der Waals surface area contributed by atoms with Crippen LogP contribution in [0.2, 0.25) is 5.02 Å². The van der Waals surface area contributed by atoms with E-state index in [9.17, 15) is 0 Å². The van der Waals surface area contributed by atoms with Gasteiger partial charge in [-0.1, -0.05) is 11.6 Å². The SMILES string of the molecule is N#Cc1ccc(SCCOc2ccc(Cl)cc2)cc1. The predicted molar refractivity (Wildman–Crippen MR) is 78.8 cm³/mol. The second-order valence-electron chi connectivity index (χ2n) is 3.79. The molecule has 0 spiro atoms. The average molecular weight is 290 g/mol. The van der Waals surface area contributed by atoms with E-state index in [0.29, 0.717) is 17.2 Å². The van der Waals surface area contributed by atoms with E-state index in [-0.39, 0.29) is 0 Å². The van der Waals surface area contributed by atoms with E-state index in [4.69, 9.17) is 21.6 Å². The summed E-state index contributed by atoms with van der Waals surface area (Å²) >= 11 is 7.50. The molecule has 0 atom stereocenters. The van der Waals surface area contributed by atoms with Crippen molar-refractivity contribution in [3.05, 3.63) is 59.1 Å². The molecule has 4 heteroatoms. The van der Waals surface area contributed by atoms with Gasteiger partial charge >= 0.3 is 0 Å². The lowest BCUT2D eigenvalue weighted by atomic mass is 10.2. The zero-order chi connectivity index (χ0) is 13.5. The van der Waals surface area contributed by atoms with Gasteiger partial charge in [0.15, 0.2) is 0 Å². The van der Waals surface area contributed by atoms with Gasteiger partial charge in [-0.05, 0) is 48.5 Å². The van der Waals surface area contributed by atoms with Gasteiger partial charge < -0.3 is 4.74 Å². The monoisotopic (exact) mass is 289 g/mol. The average Bonchev–Trinajstić information content (AvgIpc) is 2.46. The van der Waals surface area contributed by atoms with E-state index >= 15 is 0 Å². The molecule has 2 rings (SSSR count). The summed E-state index contributed by atoms with van der Waals surface area (Å²) < 4.78 is 5.60. The third-order valence-corrected chi connectivity index (χ3v) is 3.65. The Kier molecular flexibility index (Phi) is 5.14. The van der Waals surface area contributed by atoms with Gasteiger partial charge in [-0.3, -0.25) is 0 Å². The summed E-state index contributed by atoms with van der Waals surface area (Å²) in [5, 5.41) is 9.41. The minimum absolute atomic E-state index is 0.631. The molecule has 2 nitrogen and oxygen atoms in total. The second-order valence-corrected chi connectivity index (χ2v) is 5.39. The highest BCUT2D eigenvalue weighted by atomic mass is 35.5. The van der Waals surface area contributed by atoms with Crippen molar-refractivity contribution in [1.82, 2.24) is 0 Å². The normalized spacial score (nSPS) is 9.89. The lowest BCUT2D eigenvalue weighted by Crippen LogP contribution is -1.99. The molecule has 96 valence electrons. The van der Waals surface area contributed by atoms with Crippen molar-refractivity contribution in [2.75, 3.05) is 12.4 Å². The van der Waals surface area contributed by atoms with Crippen LogP contribution in [0.25, 0.3) is 0 Å². The van der Waals surface area contributed by atoms with Crippen molar-refractivity contribution in [1.29, 1.82) is 5.26 Å². The molecule has 0 fully saturated rings. The quantitative estimate of drug-likeness (QED) is 0.605. The van der Waals surface area contributed by atoms with Gasteiger partial charge in [0.05, 0.1) is 18.2 Å². The third-order valence-electron chi connectivity index (χ3n) is 2.42. The molecule has 19 heavy (non-hydrogen) atoms. The lowest BCUT2D eigenvalue weighted by Gasteiger charge is -2.06. The summed E-state index contributed by atoms with van der Waals surface area (Å²) in [5.41, 5.74) is 0.682. The summed E-state index contributed by atoms with van der Waals surface area (Å²) in [6.45, 7) is 0.631. The van der Waals surface area contributed by atoms with Gasteiger partial charge in [0, 0.05) is 15.7 Å². The van der Waals surface area contributed by atoms with Crippen LogP contribution < -0.4 is 4.74 Å². The molecule has 0 N–H and O–H groups in total. The Morgan fingerprint density at radius 2 is 1.74 bits per heavy atom. The molecule has 0 aliphatic rings. The fourth-order valence-corrected chi connectivity index (χ4v) is 2.33. The zero-order valence-electron chi connectivity index (χ0n) is 10.2. The Balaban J connectivity index is 1.74. The number of hydrogen-bond donors (Lipinski definition) is 0. The number of rotatable bonds is 5. The lowest BCUT2D eigenvalue weighted by molar-refractivity contribution is 0.344. The van der Waals surface area contributed by atoms with E-state index in [1.165, 1.54) is 0 Å². The molecule has 0 amide bonds. The maximum atomic E-state index is 8.70. The Morgan fingerprint density at radius 3 is 2.37 bits per heavy atom. The van der Waals surface area contributed by atoms with Gasteiger partial charge in [0.25, 0.3) is 0 Å². The Morgan fingerprint density at radius 1 is 1.05 bits per heavy atom. The van der Waals surface area contributed by atoms with E-state index in [2.05, 4.69) is 6.07 Å². The van der Waals surface area contributed by atoms with Crippen molar-refractivity contribution in [2.24, 2.45) is 0 Å². The van der Waals surface area contributed by atoms with E-state index < -0.39 is 0 Å². The van der Waals surface area contributed by atoms with Crippen LogP contribution in [0.5, 0.6) is 5.75 Å². The molecule has 0 aliphatic carbocycles. The van der Waals surface area contributed by atoms with Gasteiger partial charge in [-0.2, -0.15) is 5.26 Å². The predicted octanol–water partition coefficient (Wildman–Crippen LogP) is 4.38. The highest BCUT2D eigenvalue weighted by Crippen LogP contribution is 2.19. The number of ether oxygens (including phenoxy) is 1. The highest BCUT2D eigenvalue weighted by Gasteiger charge is 1.97. The Hall–Kier alpha value is -1.63. The van der Waals surface area contributed by atoms with Crippen LogP contribution in [0.15, 0.2) is 53.4 Å². The number of benzene rings is 2. The summed E-state index contributed by atoms with van der Waals surface area (Å²) in [6.07, 6.45) is 0. The first-order valence-corrected chi connectivity index (χ1v) is 7.15. The summed E-state index contributed by atoms with van der Waals surface area (Å²) in [6, 6.07) is 17.0. The number of nitrogens with zero attached hydrogens (tertiary/aromatic N) is 1. The Labute approximate surface area is 122 Å². The molecule has 2 aromatic rings. The van der Waals surface area contributed by atoms with E-state index in [1.54, 1.807) is 11.8 Å². The first-order valence-electron chi connectivity index (χ1n) is 5.79. The molecule has 0 radical (unpaired) electrons. The van der Waals surface area contributed by atoms with Gasteiger partial charge in [0.2, 0.25) is 0 Å². The summed E-state index contributed by atoms with van der Waals surface area (Å²) in [7, 11) is 0. The van der Waals surface area contributed by atoms with Crippen LogP contribution in [-0.4, -0.2) is 12.4 Å². The molecular formula is C15H12ClNOS. The van der Waals surface area contributed by atoms with Gasteiger partial charge in [-0.15, -0.1) is 11.8 Å². The van der Waals surface area contributed by atoms with Gasteiger partial charge in [0.1, 0.15) is 5.75 Å². The number of thioether (sulfide) groups is 1. The molecule has 0 saturated heterocycles. The van der Waals surface area contributed by atoms with E-state index in [1.807, 2.05) is 48.5 Å². The maximum Gasteiger partial charge on any atom is 0.119 e.